The maximum absolute atomic E-state index is 6.70. The van der Waals surface area contributed by atoms with Gasteiger partial charge in [0.2, 0.25) is 0 Å². The Morgan fingerprint density at radius 3 is 1.82 bits per heavy atom. The molecule has 268 valence electrons. The zero-order valence-corrected chi connectivity index (χ0v) is 30.6. The zero-order valence-electron chi connectivity index (χ0n) is 30.6. The molecule has 0 saturated carbocycles. The van der Waals surface area contributed by atoms with Crippen molar-refractivity contribution in [2.24, 2.45) is 0 Å². The fourth-order valence-electron chi connectivity index (χ4n) is 8.89. The molecule has 2 aliphatic rings. The summed E-state index contributed by atoms with van der Waals surface area (Å²) in [5.74, 6) is 2.73. The van der Waals surface area contributed by atoms with Crippen molar-refractivity contribution in [3.05, 3.63) is 193 Å². The van der Waals surface area contributed by atoms with E-state index in [1.54, 1.807) is 0 Å². The molecule has 0 amide bonds. The molecule has 1 aliphatic heterocycles. The molecule has 0 radical (unpaired) electrons. The van der Waals surface area contributed by atoms with Crippen molar-refractivity contribution in [2.75, 3.05) is 4.90 Å². The molecule has 0 N–H and O–H groups in total. The second kappa shape index (κ2) is 12.5. The van der Waals surface area contributed by atoms with Gasteiger partial charge in [0.05, 0.1) is 6.04 Å². The fourth-order valence-corrected chi connectivity index (χ4v) is 8.89. The zero-order chi connectivity index (χ0) is 37.5. The van der Waals surface area contributed by atoms with E-state index in [4.69, 9.17) is 23.8 Å². The Labute approximate surface area is 328 Å². The molecule has 7 aromatic carbocycles. The van der Waals surface area contributed by atoms with Crippen molar-refractivity contribution in [3.63, 3.8) is 0 Å². The van der Waals surface area contributed by atoms with E-state index in [1.807, 2.05) is 30.3 Å². The minimum atomic E-state index is 0.119. The van der Waals surface area contributed by atoms with Crippen LogP contribution in [0.1, 0.15) is 22.8 Å². The number of anilines is 2. The molecule has 57 heavy (non-hydrogen) atoms. The maximum atomic E-state index is 6.70. The van der Waals surface area contributed by atoms with Crippen LogP contribution >= 0.6 is 0 Å². The van der Waals surface area contributed by atoms with Crippen molar-refractivity contribution in [1.29, 1.82) is 0 Å². The first-order valence-corrected chi connectivity index (χ1v) is 19.3. The molecule has 12 rings (SSSR count). The van der Waals surface area contributed by atoms with Crippen LogP contribution in [0.2, 0.25) is 0 Å². The predicted octanol–water partition coefficient (Wildman–Crippen LogP) is 12.9. The van der Waals surface area contributed by atoms with E-state index in [9.17, 15) is 0 Å². The molecule has 0 saturated heterocycles. The topological polar surface area (TPSA) is 68.2 Å². The van der Waals surface area contributed by atoms with E-state index in [2.05, 4.69) is 157 Å². The molecule has 6 nitrogen and oxygen atoms in total. The highest BCUT2D eigenvalue weighted by atomic mass is 16.3. The van der Waals surface area contributed by atoms with Gasteiger partial charge in [-0.05, 0) is 71.3 Å². The summed E-state index contributed by atoms with van der Waals surface area (Å²) >= 11 is 0. The van der Waals surface area contributed by atoms with Crippen LogP contribution in [0.4, 0.5) is 11.4 Å². The third kappa shape index (κ3) is 5.07. The van der Waals surface area contributed by atoms with Crippen molar-refractivity contribution in [3.8, 4) is 45.3 Å². The Balaban J connectivity index is 0.998. The standard InChI is InChI=1S/C51H32N4O2/c1-3-12-31(13-4-1)32-14-11-15-33(28-32)49-52-50(34-22-24-38-37-18-8-10-21-43(37)56-45(38)29-34)54-51(53-49)35-23-25-40-46(30-35)57-44-27-26-42-47(48(40)44)39-19-7-9-20-41(39)55(42)36-16-5-2-6-17-36/h1-30,42,47H. The van der Waals surface area contributed by atoms with Crippen LogP contribution in [0.15, 0.2) is 185 Å². The van der Waals surface area contributed by atoms with Crippen molar-refractivity contribution in [2.45, 2.75) is 12.0 Å². The summed E-state index contributed by atoms with van der Waals surface area (Å²) in [5, 5.41) is 3.23. The molecule has 0 spiro atoms. The molecular formula is C51H32N4O2. The second-order valence-electron chi connectivity index (χ2n) is 14.7. The maximum Gasteiger partial charge on any atom is 0.164 e. The van der Waals surface area contributed by atoms with Crippen LogP contribution in [-0.4, -0.2) is 21.0 Å². The van der Waals surface area contributed by atoms with Gasteiger partial charge in [-0.15, -0.1) is 0 Å². The van der Waals surface area contributed by atoms with E-state index in [0.717, 1.165) is 66.5 Å². The van der Waals surface area contributed by atoms with Gasteiger partial charge in [0.1, 0.15) is 22.5 Å². The SMILES string of the molecule is C1=CC2C(c3ccccc3N2c2ccccc2)c2c1oc1cc(-c3nc(-c4cccc(-c5ccccc5)c4)nc(-c4ccc5c(c4)oc4ccccc45)n3)ccc21. The van der Waals surface area contributed by atoms with E-state index in [-0.39, 0.29) is 12.0 Å². The van der Waals surface area contributed by atoms with Crippen molar-refractivity contribution >= 4 is 50.4 Å². The Morgan fingerprint density at radius 2 is 1.04 bits per heavy atom. The number of benzene rings is 7. The van der Waals surface area contributed by atoms with Crippen LogP contribution in [0.3, 0.4) is 0 Å². The number of hydrogen-bond donors (Lipinski definition) is 0. The van der Waals surface area contributed by atoms with Gasteiger partial charge in [-0.25, -0.2) is 15.0 Å². The smallest absolute Gasteiger partial charge is 0.164 e. The second-order valence-corrected chi connectivity index (χ2v) is 14.7. The molecule has 2 atom stereocenters. The van der Waals surface area contributed by atoms with E-state index < -0.39 is 0 Å². The average Bonchev–Trinajstić information content (AvgIpc) is 3.95. The highest BCUT2D eigenvalue weighted by Gasteiger charge is 2.43. The summed E-state index contributed by atoms with van der Waals surface area (Å²) in [6.45, 7) is 0. The van der Waals surface area contributed by atoms with Gasteiger partial charge < -0.3 is 13.7 Å². The van der Waals surface area contributed by atoms with E-state index >= 15 is 0 Å². The highest BCUT2D eigenvalue weighted by Crippen LogP contribution is 2.53. The molecule has 1 aliphatic carbocycles. The Hall–Kier alpha value is -7.57. The van der Waals surface area contributed by atoms with Gasteiger partial charge in [0, 0.05) is 55.7 Å². The van der Waals surface area contributed by atoms with Gasteiger partial charge >= 0.3 is 0 Å². The van der Waals surface area contributed by atoms with E-state index in [0.29, 0.717) is 17.5 Å². The Bertz CT molecular complexity index is 3220. The van der Waals surface area contributed by atoms with Gasteiger partial charge in [-0.3, -0.25) is 0 Å². The Kier molecular flexibility index (Phi) is 6.95. The summed E-state index contributed by atoms with van der Waals surface area (Å²) < 4.78 is 13.0. The molecule has 4 heterocycles. The summed E-state index contributed by atoms with van der Waals surface area (Å²) in [4.78, 5) is 17.8. The van der Waals surface area contributed by atoms with Crippen LogP contribution in [0.5, 0.6) is 0 Å². The van der Waals surface area contributed by atoms with Gasteiger partial charge in [-0.2, -0.15) is 0 Å². The minimum absolute atomic E-state index is 0.119. The van der Waals surface area contributed by atoms with Crippen LogP contribution < -0.4 is 4.90 Å². The van der Waals surface area contributed by atoms with Gasteiger partial charge in [0.25, 0.3) is 0 Å². The highest BCUT2D eigenvalue weighted by molar-refractivity contribution is 6.05. The number of para-hydroxylation sites is 3. The number of aromatic nitrogens is 3. The number of fused-ring (bicyclic) bond motifs is 10. The normalized spacial score (nSPS) is 15.6. The first kappa shape index (κ1) is 31.7. The third-order valence-corrected chi connectivity index (χ3v) is 11.5. The largest absolute Gasteiger partial charge is 0.456 e. The first-order valence-electron chi connectivity index (χ1n) is 19.3. The molecule has 2 unspecified atom stereocenters. The van der Waals surface area contributed by atoms with Crippen LogP contribution in [0.25, 0.3) is 84.3 Å². The predicted molar refractivity (Wildman–Crippen MR) is 228 cm³/mol. The molecule has 3 aromatic heterocycles. The van der Waals surface area contributed by atoms with Gasteiger partial charge in [0.15, 0.2) is 17.5 Å². The number of hydrogen-bond acceptors (Lipinski definition) is 6. The lowest BCUT2D eigenvalue weighted by molar-refractivity contribution is 0.584. The monoisotopic (exact) mass is 732 g/mol. The summed E-state index contributed by atoms with van der Waals surface area (Å²) in [7, 11) is 0. The third-order valence-electron chi connectivity index (χ3n) is 11.5. The van der Waals surface area contributed by atoms with Crippen molar-refractivity contribution in [1.82, 2.24) is 15.0 Å². The summed E-state index contributed by atoms with van der Waals surface area (Å²) in [5.41, 5.74) is 12.2. The lowest BCUT2D eigenvalue weighted by atomic mass is 9.82. The van der Waals surface area contributed by atoms with Crippen molar-refractivity contribution < 1.29 is 8.83 Å². The lowest BCUT2D eigenvalue weighted by Crippen LogP contribution is -2.30. The minimum Gasteiger partial charge on any atom is -0.456 e. The van der Waals surface area contributed by atoms with E-state index in [1.165, 1.54) is 22.5 Å². The fraction of sp³-hybridized carbons (Fsp3) is 0.0392. The molecule has 0 fully saturated rings. The van der Waals surface area contributed by atoms with Gasteiger partial charge in [-0.1, -0.05) is 127 Å². The quantitative estimate of drug-likeness (QED) is 0.175. The Morgan fingerprint density at radius 1 is 0.439 bits per heavy atom. The number of furan rings is 2. The number of rotatable bonds is 5. The average molecular weight is 733 g/mol. The first-order chi connectivity index (χ1) is 28.2. The van der Waals surface area contributed by atoms with Crippen LogP contribution in [0, 0.1) is 0 Å². The number of nitrogens with zero attached hydrogens (tertiary/aromatic N) is 4. The summed E-state index contributed by atoms with van der Waals surface area (Å²) in [6.07, 6.45) is 4.43. The lowest BCUT2D eigenvalue weighted by Gasteiger charge is -2.30. The molecule has 10 aromatic rings. The van der Waals surface area contributed by atoms with Crippen LogP contribution in [-0.2, 0) is 0 Å². The molecule has 6 heteroatoms. The summed E-state index contributed by atoms with van der Waals surface area (Å²) in [6, 6.07) is 59.0. The molecule has 0 bridgehead atoms. The molecular weight excluding hydrogens is 701 g/mol.